The fraction of sp³-hybridized carbons (Fsp3) is 0.625. The molecule has 0 aliphatic carbocycles. The van der Waals surface area contributed by atoms with Crippen molar-refractivity contribution in [3.8, 4) is 0 Å². The first kappa shape index (κ1) is 15.8. The van der Waals surface area contributed by atoms with Crippen molar-refractivity contribution in [1.82, 2.24) is 10.3 Å². The number of aromatic nitrogens is 1. The van der Waals surface area contributed by atoms with Crippen LogP contribution in [0, 0.1) is 5.92 Å². The first-order valence-corrected chi connectivity index (χ1v) is 7.83. The van der Waals surface area contributed by atoms with Crippen LogP contribution in [0.2, 0.25) is 0 Å². The molecule has 1 atom stereocenters. The molecule has 0 saturated carbocycles. The summed E-state index contributed by atoms with van der Waals surface area (Å²) in [6.45, 7) is 7.24. The number of hydrogen-bond donors (Lipinski definition) is 2. The summed E-state index contributed by atoms with van der Waals surface area (Å²) in [5.41, 5.74) is 1.61. The van der Waals surface area contributed by atoms with Crippen LogP contribution < -0.4 is 10.6 Å². The predicted octanol–water partition coefficient (Wildman–Crippen LogP) is 2.23. The molecule has 1 amide bonds. The standard InChI is InChI=1S/C16H25N3O2/c1-3-14-9-13(10-15(19-14)17-4-2)16(20)18-7-5-12-6-8-21-11-12/h9-10,12H,3-8,11H2,1-2H3,(H,17,19)(H,18,20). The smallest absolute Gasteiger partial charge is 0.251 e. The van der Waals surface area contributed by atoms with Gasteiger partial charge in [-0.3, -0.25) is 4.79 Å². The van der Waals surface area contributed by atoms with Crippen LogP contribution in [0.25, 0.3) is 0 Å². The van der Waals surface area contributed by atoms with E-state index in [0.29, 0.717) is 18.0 Å². The fourth-order valence-corrected chi connectivity index (χ4v) is 2.47. The van der Waals surface area contributed by atoms with Gasteiger partial charge in [-0.25, -0.2) is 4.98 Å². The van der Waals surface area contributed by atoms with Crippen LogP contribution >= 0.6 is 0 Å². The molecule has 0 spiro atoms. The lowest BCUT2D eigenvalue weighted by Crippen LogP contribution is -2.26. The molecule has 1 saturated heterocycles. The summed E-state index contributed by atoms with van der Waals surface area (Å²) in [6, 6.07) is 3.69. The zero-order chi connectivity index (χ0) is 15.1. The van der Waals surface area contributed by atoms with Gasteiger partial charge < -0.3 is 15.4 Å². The first-order valence-electron chi connectivity index (χ1n) is 7.83. The molecular weight excluding hydrogens is 266 g/mol. The third kappa shape index (κ3) is 4.70. The maximum atomic E-state index is 12.2. The average molecular weight is 291 g/mol. The molecule has 2 heterocycles. The van der Waals surface area contributed by atoms with E-state index >= 15 is 0 Å². The van der Waals surface area contributed by atoms with Crippen molar-refractivity contribution < 1.29 is 9.53 Å². The zero-order valence-electron chi connectivity index (χ0n) is 12.9. The lowest BCUT2D eigenvalue weighted by Gasteiger charge is -2.11. The maximum absolute atomic E-state index is 12.2. The van der Waals surface area contributed by atoms with Gasteiger partial charge in [0, 0.05) is 37.6 Å². The van der Waals surface area contributed by atoms with Crippen LogP contribution in [0.3, 0.4) is 0 Å². The number of nitrogens with zero attached hydrogens (tertiary/aromatic N) is 1. The van der Waals surface area contributed by atoms with E-state index in [1.807, 2.05) is 26.0 Å². The van der Waals surface area contributed by atoms with E-state index in [1.165, 1.54) is 0 Å². The summed E-state index contributed by atoms with van der Waals surface area (Å²) in [6.07, 6.45) is 2.91. The van der Waals surface area contributed by atoms with Crippen molar-refractivity contribution in [1.29, 1.82) is 0 Å². The summed E-state index contributed by atoms with van der Waals surface area (Å²) in [4.78, 5) is 16.7. The SMILES string of the molecule is CCNc1cc(C(=O)NCCC2CCOC2)cc(CC)n1. The van der Waals surface area contributed by atoms with Crippen LogP contribution in [0.5, 0.6) is 0 Å². The second-order valence-electron chi connectivity index (χ2n) is 5.39. The van der Waals surface area contributed by atoms with Gasteiger partial charge in [-0.2, -0.15) is 0 Å². The van der Waals surface area contributed by atoms with E-state index < -0.39 is 0 Å². The van der Waals surface area contributed by atoms with Crippen molar-refractivity contribution in [3.05, 3.63) is 23.4 Å². The number of anilines is 1. The number of hydrogen-bond acceptors (Lipinski definition) is 4. The van der Waals surface area contributed by atoms with Gasteiger partial charge in [-0.1, -0.05) is 6.92 Å². The van der Waals surface area contributed by atoms with Crippen LogP contribution in [-0.4, -0.2) is 37.2 Å². The Labute approximate surface area is 126 Å². The Morgan fingerprint density at radius 3 is 2.95 bits per heavy atom. The maximum Gasteiger partial charge on any atom is 0.251 e. The highest BCUT2D eigenvalue weighted by molar-refractivity contribution is 5.95. The van der Waals surface area contributed by atoms with Gasteiger partial charge in [-0.15, -0.1) is 0 Å². The number of rotatable bonds is 7. The summed E-state index contributed by atoms with van der Waals surface area (Å²) in [5.74, 6) is 1.34. The van der Waals surface area contributed by atoms with Crippen LogP contribution in [0.1, 0.15) is 42.7 Å². The molecule has 116 valence electrons. The van der Waals surface area contributed by atoms with Gasteiger partial charge in [-0.05, 0) is 44.2 Å². The van der Waals surface area contributed by atoms with Gasteiger partial charge in [0.1, 0.15) is 5.82 Å². The largest absolute Gasteiger partial charge is 0.381 e. The zero-order valence-corrected chi connectivity index (χ0v) is 12.9. The van der Waals surface area contributed by atoms with Gasteiger partial charge in [0.15, 0.2) is 0 Å². The number of carbonyl (C=O) groups is 1. The van der Waals surface area contributed by atoms with E-state index in [0.717, 1.165) is 50.5 Å². The summed E-state index contributed by atoms with van der Waals surface area (Å²) in [5, 5.41) is 6.17. The normalized spacial score (nSPS) is 17.7. The van der Waals surface area contributed by atoms with Crippen LogP contribution in [0.4, 0.5) is 5.82 Å². The highest BCUT2D eigenvalue weighted by Gasteiger charge is 2.16. The van der Waals surface area contributed by atoms with Gasteiger partial charge >= 0.3 is 0 Å². The second kappa shape index (κ2) is 7.98. The number of amides is 1. The number of ether oxygens (including phenoxy) is 1. The molecule has 2 N–H and O–H groups in total. The fourth-order valence-electron chi connectivity index (χ4n) is 2.47. The minimum atomic E-state index is -0.0230. The molecule has 1 aromatic heterocycles. The molecule has 2 rings (SSSR count). The molecule has 1 unspecified atom stereocenters. The number of carbonyl (C=O) groups excluding carboxylic acids is 1. The molecule has 5 nitrogen and oxygen atoms in total. The Morgan fingerprint density at radius 1 is 1.43 bits per heavy atom. The number of nitrogens with one attached hydrogen (secondary N) is 2. The van der Waals surface area contributed by atoms with Crippen molar-refractivity contribution in [3.63, 3.8) is 0 Å². The molecule has 1 aliphatic heterocycles. The minimum Gasteiger partial charge on any atom is -0.381 e. The molecule has 0 bridgehead atoms. The molecular formula is C16H25N3O2. The van der Waals surface area contributed by atoms with E-state index in [-0.39, 0.29) is 5.91 Å². The average Bonchev–Trinajstić information content (AvgIpc) is 3.00. The third-order valence-corrected chi connectivity index (χ3v) is 3.72. The molecule has 21 heavy (non-hydrogen) atoms. The predicted molar refractivity (Wildman–Crippen MR) is 83.7 cm³/mol. The quantitative estimate of drug-likeness (QED) is 0.808. The Balaban J connectivity index is 1.92. The van der Waals surface area contributed by atoms with Crippen molar-refractivity contribution in [2.24, 2.45) is 5.92 Å². The minimum absolute atomic E-state index is 0.0230. The third-order valence-electron chi connectivity index (χ3n) is 3.72. The highest BCUT2D eigenvalue weighted by Crippen LogP contribution is 2.15. The molecule has 1 aliphatic rings. The Morgan fingerprint density at radius 2 is 2.29 bits per heavy atom. The first-order chi connectivity index (χ1) is 10.2. The Bertz CT molecular complexity index is 471. The Kier molecular flexibility index (Phi) is 5.99. The van der Waals surface area contributed by atoms with E-state index in [2.05, 4.69) is 15.6 Å². The monoisotopic (exact) mass is 291 g/mol. The lowest BCUT2D eigenvalue weighted by atomic mass is 10.1. The van der Waals surface area contributed by atoms with E-state index in [9.17, 15) is 4.79 Å². The molecule has 0 radical (unpaired) electrons. The van der Waals surface area contributed by atoms with Crippen molar-refractivity contribution >= 4 is 11.7 Å². The molecule has 0 aromatic carbocycles. The molecule has 1 aromatic rings. The van der Waals surface area contributed by atoms with Gasteiger partial charge in [0.25, 0.3) is 5.91 Å². The number of pyridine rings is 1. The molecule has 1 fully saturated rings. The van der Waals surface area contributed by atoms with Crippen LogP contribution in [-0.2, 0) is 11.2 Å². The topological polar surface area (TPSA) is 63.2 Å². The molecule has 5 heteroatoms. The highest BCUT2D eigenvalue weighted by atomic mass is 16.5. The van der Waals surface area contributed by atoms with E-state index in [4.69, 9.17) is 4.74 Å². The van der Waals surface area contributed by atoms with E-state index in [1.54, 1.807) is 0 Å². The summed E-state index contributed by atoms with van der Waals surface area (Å²) in [7, 11) is 0. The van der Waals surface area contributed by atoms with Crippen molar-refractivity contribution in [2.45, 2.75) is 33.1 Å². The summed E-state index contributed by atoms with van der Waals surface area (Å²) >= 11 is 0. The van der Waals surface area contributed by atoms with Gasteiger partial charge in [0.05, 0.1) is 0 Å². The van der Waals surface area contributed by atoms with Gasteiger partial charge in [0.2, 0.25) is 0 Å². The lowest BCUT2D eigenvalue weighted by molar-refractivity contribution is 0.0950. The second-order valence-corrected chi connectivity index (χ2v) is 5.39. The summed E-state index contributed by atoms with van der Waals surface area (Å²) < 4.78 is 5.34. The Hall–Kier alpha value is -1.62. The van der Waals surface area contributed by atoms with Crippen LogP contribution in [0.15, 0.2) is 12.1 Å². The number of aryl methyl sites for hydroxylation is 1. The van der Waals surface area contributed by atoms with Crippen molar-refractivity contribution in [2.75, 3.05) is 31.6 Å².